The Morgan fingerprint density at radius 3 is 2.63 bits per heavy atom. The quantitative estimate of drug-likeness (QED) is 0.0727. The zero-order valence-corrected chi connectivity index (χ0v) is 28.3. The number of nitrogen functional groups attached to an aromatic ring is 1. The Bertz CT molecular complexity index is 2030. The molecule has 0 spiro atoms. The Balaban J connectivity index is 1.27. The standard InChI is InChI=1S/C29H30N10O10S2/c1-29(2,27(47)48)49-37-18(15-10-51-28(31)35-15)23(43)36-19-24(44)39-20(26(45)46)12(9-50-25(19)39)4-3-5-38-8-14(21(30)33-11-38)34-22(42)13-6-16(40)17(41)7-32-13/h3-4,6-8,10,19,25,41H,5,9,11H2,1-2H3,(H2,30,33)(H2,31,35)(H,32,40)(H,34,42)(H,36,43)(H,45,46)(H,47,48)/b4-3+,37-18-/t19-,25?/m1/s1. The summed E-state index contributed by atoms with van der Waals surface area (Å²) in [5.74, 6) is -5.41. The van der Waals surface area contributed by atoms with Crippen molar-refractivity contribution in [2.45, 2.75) is 30.9 Å². The van der Waals surface area contributed by atoms with E-state index in [2.05, 4.69) is 30.7 Å². The molecule has 2 atom stereocenters. The lowest BCUT2D eigenvalue weighted by Gasteiger charge is -2.49. The third kappa shape index (κ3) is 7.70. The molecule has 20 nitrogen and oxygen atoms in total. The second kappa shape index (κ2) is 14.4. The minimum atomic E-state index is -1.80. The van der Waals surface area contributed by atoms with Gasteiger partial charge < -0.3 is 52.1 Å². The molecule has 0 aromatic carbocycles. The van der Waals surface area contributed by atoms with Gasteiger partial charge in [-0.3, -0.25) is 24.1 Å². The summed E-state index contributed by atoms with van der Waals surface area (Å²) >= 11 is 2.20. The third-order valence-electron chi connectivity index (χ3n) is 7.40. The summed E-state index contributed by atoms with van der Waals surface area (Å²) in [7, 11) is 0. The Morgan fingerprint density at radius 1 is 1.24 bits per heavy atom. The molecule has 1 saturated heterocycles. The summed E-state index contributed by atoms with van der Waals surface area (Å²) in [6.07, 6.45) is 5.66. The second-order valence-electron chi connectivity index (χ2n) is 11.4. The average molecular weight is 743 g/mol. The first-order valence-corrected chi connectivity index (χ1v) is 16.6. The van der Waals surface area contributed by atoms with Crippen molar-refractivity contribution in [1.82, 2.24) is 30.4 Å². The number of allylic oxidation sites excluding steroid dienone is 1. The van der Waals surface area contributed by atoms with Gasteiger partial charge in [-0.1, -0.05) is 17.3 Å². The van der Waals surface area contributed by atoms with Gasteiger partial charge in [0.25, 0.3) is 17.7 Å². The summed E-state index contributed by atoms with van der Waals surface area (Å²) in [4.78, 5) is 93.1. The average Bonchev–Trinajstić information content (AvgIpc) is 3.51. The molecule has 0 saturated carbocycles. The van der Waals surface area contributed by atoms with E-state index in [9.17, 15) is 44.1 Å². The lowest BCUT2D eigenvalue weighted by molar-refractivity contribution is -0.161. The fourth-order valence-electron chi connectivity index (χ4n) is 4.64. The van der Waals surface area contributed by atoms with Gasteiger partial charge in [0.2, 0.25) is 11.0 Å². The molecule has 2 aromatic heterocycles. The number of rotatable bonds is 12. The highest BCUT2D eigenvalue weighted by Gasteiger charge is 2.54. The predicted octanol–water partition coefficient (Wildman–Crippen LogP) is -1.10. The molecule has 10 N–H and O–H groups in total. The molecule has 3 aliphatic rings. The van der Waals surface area contributed by atoms with Gasteiger partial charge >= 0.3 is 11.9 Å². The highest BCUT2D eigenvalue weighted by atomic mass is 32.2. The third-order valence-corrected chi connectivity index (χ3v) is 9.38. The minimum absolute atomic E-state index is 0.0187. The Morgan fingerprint density at radius 2 is 1.98 bits per heavy atom. The number of pyridine rings is 1. The normalized spacial score (nSPS) is 19.2. The van der Waals surface area contributed by atoms with Crippen LogP contribution in [-0.4, -0.2) is 112 Å². The molecular weight excluding hydrogens is 713 g/mol. The number of H-pyrrole nitrogens is 1. The number of nitrogens with zero attached hydrogens (tertiary/aromatic N) is 5. The van der Waals surface area contributed by atoms with E-state index in [4.69, 9.17) is 16.3 Å². The summed E-state index contributed by atoms with van der Waals surface area (Å²) in [5.41, 5.74) is 8.67. The topological polar surface area (TPSA) is 308 Å². The number of aliphatic carboxylic acids is 2. The van der Waals surface area contributed by atoms with E-state index in [1.807, 2.05) is 0 Å². The Labute approximate surface area is 295 Å². The van der Waals surface area contributed by atoms with Crippen molar-refractivity contribution >= 4 is 69.4 Å². The van der Waals surface area contributed by atoms with E-state index in [0.717, 1.165) is 28.5 Å². The van der Waals surface area contributed by atoms with Gasteiger partial charge in [-0.2, -0.15) is 0 Å². The molecule has 1 unspecified atom stereocenters. The number of fused-ring (bicyclic) bond motifs is 1. The zero-order chi connectivity index (χ0) is 37.2. The Hall–Kier alpha value is -6.16. The number of thiazole rings is 1. The van der Waals surface area contributed by atoms with Crippen LogP contribution in [0.3, 0.4) is 0 Å². The SMILES string of the molecule is CC(C)(O/N=C(\C(=O)N[C@@H]1C(=O)N2C(C(=O)O)=C(/C=C/CN3C=C(NC(=O)c4cc(=O)c(O)c[nH]4)C(N)=NC3)CSC12)c1csc(N)n1)C(=O)O. The number of aromatic hydroxyl groups is 1. The smallest absolute Gasteiger partial charge is 0.352 e. The molecular formula is C29H30N10O10S2. The van der Waals surface area contributed by atoms with E-state index in [0.29, 0.717) is 5.57 Å². The first kappa shape index (κ1) is 36.1. The molecule has 5 heterocycles. The van der Waals surface area contributed by atoms with E-state index in [-0.39, 0.29) is 52.7 Å². The first-order chi connectivity index (χ1) is 24.1. The Kier molecular flexibility index (Phi) is 10.2. The minimum Gasteiger partial charge on any atom is -0.503 e. The van der Waals surface area contributed by atoms with E-state index < -0.39 is 63.6 Å². The molecule has 0 radical (unpaired) electrons. The van der Waals surface area contributed by atoms with E-state index >= 15 is 0 Å². The van der Waals surface area contributed by atoms with Gasteiger partial charge in [-0.05, 0) is 19.4 Å². The van der Waals surface area contributed by atoms with Crippen LogP contribution in [0, 0.1) is 0 Å². The molecule has 0 aliphatic carbocycles. The predicted molar refractivity (Wildman–Crippen MR) is 182 cm³/mol. The number of aromatic amines is 1. The lowest BCUT2D eigenvalue weighted by atomic mass is 10.0. The number of β-lactam (4-membered cyclic amide) rings is 1. The molecule has 1 fully saturated rings. The number of carboxylic acids is 2. The highest BCUT2D eigenvalue weighted by molar-refractivity contribution is 8.00. The fraction of sp³-hybridized carbons (Fsp3) is 0.276. The van der Waals surface area contributed by atoms with Gasteiger partial charge in [0.05, 0.1) is 5.70 Å². The van der Waals surface area contributed by atoms with Gasteiger partial charge in [0.1, 0.15) is 41.0 Å². The van der Waals surface area contributed by atoms with Crippen LogP contribution in [0.5, 0.6) is 5.75 Å². The van der Waals surface area contributed by atoms with Gasteiger partial charge in [-0.25, -0.2) is 19.6 Å². The van der Waals surface area contributed by atoms with Crippen LogP contribution in [-0.2, 0) is 24.0 Å². The molecule has 22 heteroatoms. The maximum Gasteiger partial charge on any atom is 0.352 e. The molecule has 5 rings (SSSR count). The highest BCUT2D eigenvalue weighted by Crippen LogP contribution is 2.40. The summed E-state index contributed by atoms with van der Waals surface area (Å²) in [6.45, 7) is 2.74. The van der Waals surface area contributed by atoms with E-state index in [1.165, 1.54) is 37.2 Å². The van der Waals surface area contributed by atoms with Crippen molar-refractivity contribution in [2.24, 2.45) is 15.9 Å². The van der Waals surface area contributed by atoms with Crippen molar-refractivity contribution in [2.75, 3.05) is 24.7 Å². The molecule has 2 aromatic rings. The lowest BCUT2D eigenvalue weighted by Crippen LogP contribution is -2.71. The maximum absolute atomic E-state index is 13.3. The number of thioether (sulfide) groups is 1. The summed E-state index contributed by atoms with van der Waals surface area (Å²) < 4.78 is 0. The zero-order valence-electron chi connectivity index (χ0n) is 26.6. The van der Waals surface area contributed by atoms with Crippen molar-refractivity contribution < 1.29 is 44.1 Å². The van der Waals surface area contributed by atoms with Crippen LogP contribution in [0.1, 0.15) is 30.0 Å². The number of anilines is 1. The number of carbonyl (C=O) groups is 5. The van der Waals surface area contributed by atoms with Gasteiger partial charge in [-0.15, -0.1) is 23.1 Å². The second-order valence-corrected chi connectivity index (χ2v) is 13.4. The number of amides is 3. The van der Waals surface area contributed by atoms with Crippen LogP contribution >= 0.6 is 23.1 Å². The maximum atomic E-state index is 13.3. The largest absolute Gasteiger partial charge is 0.503 e. The number of oxime groups is 1. The van der Waals surface area contributed by atoms with Crippen molar-refractivity contribution in [3.05, 3.63) is 74.6 Å². The molecule has 3 amide bonds. The number of carboxylic acid groups (broad SMARTS) is 2. The van der Waals surface area contributed by atoms with Crippen LogP contribution < -0.4 is 27.5 Å². The fourth-order valence-corrected chi connectivity index (χ4v) is 6.51. The summed E-state index contributed by atoms with van der Waals surface area (Å²) in [5, 5.41) is 38.3. The number of aliphatic imine (C=N–C) groups is 1. The van der Waals surface area contributed by atoms with Gasteiger partial charge in [0, 0.05) is 36.1 Å². The number of carbonyl (C=O) groups excluding carboxylic acids is 3. The van der Waals surface area contributed by atoms with Crippen LogP contribution in [0.2, 0.25) is 0 Å². The summed E-state index contributed by atoms with van der Waals surface area (Å²) in [6, 6.07) is -0.224. The molecule has 3 aliphatic heterocycles. The van der Waals surface area contributed by atoms with Crippen LogP contribution in [0.25, 0.3) is 0 Å². The number of nitrogens with one attached hydrogen (secondary N) is 3. The number of amidine groups is 1. The first-order valence-electron chi connectivity index (χ1n) is 14.7. The van der Waals surface area contributed by atoms with E-state index in [1.54, 1.807) is 17.1 Å². The van der Waals surface area contributed by atoms with Crippen LogP contribution in [0.4, 0.5) is 5.13 Å². The molecule has 0 bridgehead atoms. The number of hydrogen-bond acceptors (Lipinski definition) is 16. The van der Waals surface area contributed by atoms with Crippen molar-refractivity contribution in [3.8, 4) is 5.75 Å². The number of nitrogens with two attached hydrogens (primary N) is 2. The van der Waals surface area contributed by atoms with Crippen molar-refractivity contribution in [3.63, 3.8) is 0 Å². The number of hydrogen-bond donors (Lipinski definition) is 8. The monoisotopic (exact) mass is 742 g/mol. The van der Waals surface area contributed by atoms with Crippen LogP contribution in [0.15, 0.2) is 67.9 Å². The van der Waals surface area contributed by atoms with Gasteiger partial charge in [0.15, 0.2) is 16.6 Å². The molecule has 51 heavy (non-hydrogen) atoms. The molecule has 268 valence electrons. The number of aromatic nitrogens is 2. The van der Waals surface area contributed by atoms with Crippen molar-refractivity contribution in [1.29, 1.82) is 0 Å².